The highest BCUT2D eigenvalue weighted by Gasteiger charge is 2.36. The largest absolute Gasteiger partial charge is 0.361 e. The van der Waals surface area contributed by atoms with Gasteiger partial charge in [-0.1, -0.05) is 38.5 Å². The fourth-order valence-corrected chi connectivity index (χ4v) is 4.60. The fraction of sp³-hybridized carbons (Fsp3) is 0.462. The predicted molar refractivity (Wildman–Crippen MR) is 128 cm³/mol. The summed E-state index contributed by atoms with van der Waals surface area (Å²) in [6, 6.07) is 15.3. The van der Waals surface area contributed by atoms with Crippen LogP contribution in [0.15, 0.2) is 48.5 Å². The van der Waals surface area contributed by atoms with Crippen LogP contribution in [0.4, 0.5) is 5.69 Å². The van der Waals surface area contributed by atoms with Gasteiger partial charge in [-0.05, 0) is 62.2 Å². The van der Waals surface area contributed by atoms with Gasteiger partial charge in [-0.3, -0.25) is 9.59 Å². The molecule has 1 saturated heterocycles. The molecule has 2 amide bonds. The maximum atomic E-state index is 12.9. The van der Waals surface area contributed by atoms with E-state index in [9.17, 15) is 9.59 Å². The maximum Gasteiger partial charge on any atom is 0.256 e. The molecule has 0 aromatic heterocycles. The smallest absolute Gasteiger partial charge is 0.256 e. The van der Waals surface area contributed by atoms with Crippen molar-refractivity contribution in [2.45, 2.75) is 39.3 Å². The number of anilines is 1. The number of hydrogen-bond acceptors (Lipinski definition) is 4. The lowest BCUT2D eigenvalue weighted by Gasteiger charge is -2.28. The first-order valence-electron chi connectivity index (χ1n) is 11.8. The van der Waals surface area contributed by atoms with Crippen LogP contribution in [0, 0.1) is 5.92 Å². The third-order valence-corrected chi connectivity index (χ3v) is 6.23. The third kappa shape index (κ3) is 5.13. The number of carbonyl (C=O) groups excluding carboxylic acids is 2. The zero-order chi connectivity index (χ0) is 22.5. The van der Waals surface area contributed by atoms with Crippen molar-refractivity contribution < 1.29 is 9.59 Å². The van der Waals surface area contributed by atoms with Crippen molar-refractivity contribution in [2.75, 3.05) is 38.0 Å². The highest BCUT2D eigenvalue weighted by atomic mass is 16.2. The molecule has 2 aromatic carbocycles. The number of amides is 2. The monoisotopic (exact) mass is 434 g/mol. The molecular formula is C26H34N4O2. The molecule has 2 aliphatic heterocycles. The van der Waals surface area contributed by atoms with Crippen molar-refractivity contribution in [3.63, 3.8) is 0 Å². The number of nitrogens with one attached hydrogen (secondary N) is 2. The van der Waals surface area contributed by atoms with Gasteiger partial charge in [-0.2, -0.15) is 0 Å². The Morgan fingerprint density at radius 1 is 1.03 bits per heavy atom. The number of rotatable bonds is 8. The van der Waals surface area contributed by atoms with Gasteiger partial charge < -0.3 is 20.4 Å². The molecule has 2 aliphatic rings. The Labute approximate surface area is 191 Å². The summed E-state index contributed by atoms with van der Waals surface area (Å²) in [4.78, 5) is 29.8. The molecule has 1 atom stereocenters. The van der Waals surface area contributed by atoms with Crippen LogP contribution in [-0.4, -0.2) is 54.3 Å². The molecule has 170 valence electrons. The summed E-state index contributed by atoms with van der Waals surface area (Å²) in [5, 5.41) is 6.53. The van der Waals surface area contributed by atoms with Crippen LogP contribution in [0.1, 0.15) is 65.6 Å². The first kappa shape index (κ1) is 22.3. The quantitative estimate of drug-likeness (QED) is 0.656. The van der Waals surface area contributed by atoms with Crippen molar-refractivity contribution in [1.82, 2.24) is 15.1 Å². The van der Waals surface area contributed by atoms with Crippen molar-refractivity contribution in [1.29, 1.82) is 0 Å². The van der Waals surface area contributed by atoms with E-state index in [1.54, 1.807) is 0 Å². The molecule has 0 radical (unpaired) electrons. The number of nitrogens with zero attached hydrogens (tertiary/aromatic N) is 2. The van der Waals surface area contributed by atoms with Gasteiger partial charge in [0.05, 0.1) is 0 Å². The van der Waals surface area contributed by atoms with Crippen LogP contribution in [0.2, 0.25) is 0 Å². The average molecular weight is 435 g/mol. The van der Waals surface area contributed by atoms with Gasteiger partial charge in [0.15, 0.2) is 0 Å². The SMILES string of the molecule is CC(C)CN1C(=O)c2ccccc2C1Nc1ccc(C(=O)NCCN2CCCCC2)cc1. The van der Waals surface area contributed by atoms with Crippen LogP contribution in [0.5, 0.6) is 0 Å². The predicted octanol–water partition coefficient (Wildman–Crippen LogP) is 4.12. The molecule has 32 heavy (non-hydrogen) atoms. The van der Waals surface area contributed by atoms with E-state index < -0.39 is 0 Å². The van der Waals surface area contributed by atoms with Gasteiger partial charge >= 0.3 is 0 Å². The Hall–Kier alpha value is -2.86. The molecule has 4 rings (SSSR count). The van der Waals surface area contributed by atoms with Gasteiger partial charge in [0.1, 0.15) is 6.17 Å². The van der Waals surface area contributed by atoms with Gasteiger partial charge in [0.25, 0.3) is 11.8 Å². The Morgan fingerprint density at radius 2 is 1.75 bits per heavy atom. The number of piperidine rings is 1. The summed E-state index contributed by atoms with van der Waals surface area (Å²) in [5.74, 6) is 0.390. The zero-order valence-corrected chi connectivity index (χ0v) is 19.1. The number of fused-ring (bicyclic) bond motifs is 1. The normalized spacial score (nSPS) is 18.7. The Morgan fingerprint density at radius 3 is 2.47 bits per heavy atom. The van der Waals surface area contributed by atoms with E-state index in [1.165, 1.54) is 19.3 Å². The molecule has 6 nitrogen and oxygen atoms in total. The van der Waals surface area contributed by atoms with Crippen molar-refractivity contribution in [2.24, 2.45) is 5.92 Å². The lowest BCUT2D eigenvalue weighted by Crippen LogP contribution is -2.37. The van der Waals surface area contributed by atoms with Crippen LogP contribution in [-0.2, 0) is 0 Å². The topological polar surface area (TPSA) is 64.7 Å². The van der Waals surface area contributed by atoms with E-state index in [1.807, 2.05) is 53.4 Å². The van der Waals surface area contributed by atoms with Gasteiger partial charge in [0.2, 0.25) is 0 Å². The molecule has 6 heteroatoms. The lowest BCUT2D eigenvalue weighted by molar-refractivity contribution is 0.0720. The number of likely N-dealkylation sites (tertiary alicyclic amines) is 1. The molecule has 0 saturated carbocycles. The van der Waals surface area contributed by atoms with Crippen LogP contribution in [0.25, 0.3) is 0 Å². The Kier molecular flexibility index (Phi) is 7.10. The number of benzene rings is 2. The first-order valence-corrected chi connectivity index (χ1v) is 11.8. The molecule has 2 N–H and O–H groups in total. The lowest BCUT2D eigenvalue weighted by atomic mass is 10.1. The summed E-state index contributed by atoms with van der Waals surface area (Å²) >= 11 is 0. The van der Waals surface area contributed by atoms with E-state index in [-0.39, 0.29) is 18.0 Å². The summed E-state index contributed by atoms with van der Waals surface area (Å²) < 4.78 is 0. The standard InChI is InChI=1S/C26H34N4O2/c1-19(2)18-30-24(22-8-4-5-9-23(22)26(30)32)28-21-12-10-20(11-13-21)25(31)27-14-17-29-15-6-3-7-16-29/h4-5,8-13,19,24,28H,3,6-7,14-18H2,1-2H3,(H,27,31). The average Bonchev–Trinajstić information content (AvgIpc) is 3.06. The third-order valence-electron chi connectivity index (χ3n) is 6.23. The van der Waals surface area contributed by atoms with E-state index in [0.29, 0.717) is 24.6 Å². The van der Waals surface area contributed by atoms with E-state index in [0.717, 1.165) is 36.4 Å². The van der Waals surface area contributed by atoms with Gasteiger partial charge in [0, 0.05) is 42.0 Å². The van der Waals surface area contributed by atoms with Crippen molar-refractivity contribution in [3.8, 4) is 0 Å². The summed E-state index contributed by atoms with van der Waals surface area (Å²) in [5.41, 5.74) is 3.29. The second kappa shape index (κ2) is 10.2. The second-order valence-electron chi connectivity index (χ2n) is 9.22. The molecule has 1 unspecified atom stereocenters. The molecular weight excluding hydrogens is 400 g/mol. The maximum absolute atomic E-state index is 12.9. The van der Waals surface area contributed by atoms with E-state index in [4.69, 9.17) is 0 Å². The van der Waals surface area contributed by atoms with Gasteiger partial charge in [-0.15, -0.1) is 0 Å². The second-order valence-corrected chi connectivity index (χ2v) is 9.22. The summed E-state index contributed by atoms with van der Waals surface area (Å²) in [6.45, 7) is 8.77. The zero-order valence-electron chi connectivity index (χ0n) is 19.1. The molecule has 1 fully saturated rings. The fourth-order valence-electron chi connectivity index (χ4n) is 4.60. The minimum atomic E-state index is -0.203. The highest BCUT2D eigenvalue weighted by molar-refractivity contribution is 5.99. The Bertz CT molecular complexity index is 935. The minimum Gasteiger partial charge on any atom is -0.361 e. The van der Waals surface area contributed by atoms with Crippen molar-refractivity contribution >= 4 is 17.5 Å². The number of hydrogen-bond donors (Lipinski definition) is 2. The Balaban J connectivity index is 1.38. The van der Waals surface area contributed by atoms with Crippen molar-refractivity contribution in [3.05, 3.63) is 65.2 Å². The summed E-state index contributed by atoms with van der Waals surface area (Å²) in [6.07, 6.45) is 3.63. The summed E-state index contributed by atoms with van der Waals surface area (Å²) in [7, 11) is 0. The minimum absolute atomic E-state index is 0.0450. The molecule has 0 bridgehead atoms. The first-order chi connectivity index (χ1) is 15.5. The van der Waals surface area contributed by atoms with Crippen LogP contribution < -0.4 is 10.6 Å². The molecule has 0 aliphatic carbocycles. The van der Waals surface area contributed by atoms with Gasteiger partial charge in [-0.25, -0.2) is 0 Å². The van der Waals surface area contributed by atoms with E-state index in [2.05, 4.69) is 29.4 Å². The number of carbonyl (C=O) groups is 2. The van der Waals surface area contributed by atoms with Crippen LogP contribution in [0.3, 0.4) is 0 Å². The molecule has 2 heterocycles. The molecule has 2 aromatic rings. The van der Waals surface area contributed by atoms with E-state index >= 15 is 0 Å². The highest BCUT2D eigenvalue weighted by Crippen LogP contribution is 2.34. The van der Waals surface area contributed by atoms with Crippen LogP contribution >= 0.6 is 0 Å². The molecule has 0 spiro atoms.